The number of carbonyl (C=O) groups excluding carboxylic acids is 1. The molecule has 6 rings (SSSR count). The minimum Gasteiger partial charge on any atom is -0.512 e. The number of pyridine rings is 2. The maximum Gasteiger partial charge on any atom is 0.162 e. The first-order valence-electron chi connectivity index (χ1n) is 23.9. The molecule has 2 aromatic heterocycles. The average molecular weight is 999 g/mol. The van der Waals surface area contributed by atoms with Crippen molar-refractivity contribution in [3.63, 3.8) is 0 Å². The number of aliphatic hydroxyl groups is 1. The fourth-order valence-electron chi connectivity index (χ4n) is 7.59. The normalized spacial score (nSPS) is 12.6. The molecule has 61 heavy (non-hydrogen) atoms. The van der Waals surface area contributed by atoms with Crippen LogP contribution in [0.1, 0.15) is 127 Å². The Kier molecular flexibility index (Phi) is 17.3. The Hall–Kier alpha value is -4.44. The first kappa shape index (κ1) is 44.6. The van der Waals surface area contributed by atoms with Gasteiger partial charge in [-0.05, 0) is 107 Å². The van der Waals surface area contributed by atoms with Crippen LogP contribution in [-0.4, -0.2) is 20.9 Å². The van der Waals surface area contributed by atoms with Crippen LogP contribution in [-0.2, 0) is 37.7 Å². The van der Waals surface area contributed by atoms with Crippen molar-refractivity contribution in [2.45, 2.75) is 129 Å². The molecule has 0 saturated carbocycles. The third-order valence-electron chi connectivity index (χ3n) is 11.3. The predicted octanol–water partition coefficient (Wildman–Crippen LogP) is 15.3. The van der Waals surface area contributed by atoms with E-state index in [1.54, 1.807) is 0 Å². The van der Waals surface area contributed by atoms with E-state index in [-0.39, 0.29) is 67.4 Å². The van der Waals surface area contributed by atoms with Gasteiger partial charge in [-0.2, -0.15) is 0 Å². The molecule has 0 aliphatic rings. The molecule has 0 aliphatic heterocycles. The summed E-state index contributed by atoms with van der Waals surface area (Å²) in [7, 11) is 0. The molecule has 0 aliphatic carbocycles. The van der Waals surface area contributed by atoms with E-state index in [4.69, 9.17) is 5.48 Å². The van der Waals surface area contributed by atoms with Crippen LogP contribution in [0.5, 0.6) is 0 Å². The molecule has 4 aromatic carbocycles. The summed E-state index contributed by atoms with van der Waals surface area (Å²) in [6, 6.07) is 27.7. The number of aryl methyl sites for hydroxylation is 4. The van der Waals surface area contributed by atoms with Crippen molar-refractivity contribution in [3.05, 3.63) is 142 Å². The molecule has 0 unspecified atom stereocenters. The number of rotatable bonds is 13. The molecule has 327 valence electrons. The maximum atomic E-state index is 11.9. The summed E-state index contributed by atoms with van der Waals surface area (Å²) in [6.45, 7) is 27.0. The SMILES string of the molecule is CCC(CC)C(=O)/C=C(\O)C(C)(CC)CC.[2H]c1nc(-c2[c-]c(C)cc(C)c2)c2ccc(CC(C)C)cc2c1[2H].[2H]c1nc(-c2[c-]c(C)cc(C)c2)c2ccc(CC(C)C)cc2c1[2H].[Ir]. The molecule has 1 radical (unpaired) electrons. The Morgan fingerprint density at radius 3 is 1.46 bits per heavy atom. The summed E-state index contributed by atoms with van der Waals surface area (Å²) < 4.78 is 32.7. The minimum absolute atomic E-state index is 0. The largest absolute Gasteiger partial charge is 0.512 e. The number of aliphatic hydroxyl groups excluding tert-OH is 1. The maximum absolute atomic E-state index is 11.9. The number of nitrogens with zero attached hydrogens (tertiary/aromatic N) is 2. The predicted molar refractivity (Wildman–Crippen MR) is 257 cm³/mol. The van der Waals surface area contributed by atoms with Crippen molar-refractivity contribution in [2.75, 3.05) is 0 Å². The number of ketones is 1. The number of hydrogen-bond acceptors (Lipinski definition) is 4. The molecule has 4 nitrogen and oxygen atoms in total. The van der Waals surface area contributed by atoms with Crippen LogP contribution in [0.2, 0.25) is 0 Å². The zero-order valence-electron chi connectivity index (χ0n) is 42.9. The Labute approximate surface area is 387 Å². The molecule has 0 spiro atoms. The van der Waals surface area contributed by atoms with Crippen LogP contribution in [0.15, 0.2) is 96.9 Å². The Morgan fingerprint density at radius 2 is 1.11 bits per heavy atom. The number of hydrogen-bond donors (Lipinski definition) is 1. The summed E-state index contributed by atoms with van der Waals surface area (Å²) in [5.41, 5.74) is 9.83. The van der Waals surface area contributed by atoms with Gasteiger partial charge in [-0.25, -0.2) is 0 Å². The second kappa shape index (κ2) is 23.7. The molecule has 2 heterocycles. The van der Waals surface area contributed by atoms with Gasteiger partial charge < -0.3 is 15.1 Å². The van der Waals surface area contributed by atoms with Crippen molar-refractivity contribution in [2.24, 2.45) is 23.2 Å². The van der Waals surface area contributed by atoms with E-state index in [2.05, 4.69) is 74.1 Å². The second-order valence-corrected chi connectivity index (χ2v) is 17.6. The van der Waals surface area contributed by atoms with Gasteiger partial charge in [0.05, 0.1) is 5.48 Å². The van der Waals surface area contributed by atoms with Crippen molar-refractivity contribution >= 4 is 27.3 Å². The second-order valence-electron chi connectivity index (χ2n) is 17.6. The quantitative estimate of drug-likeness (QED) is 0.0711. The van der Waals surface area contributed by atoms with Crippen LogP contribution in [0.4, 0.5) is 0 Å². The minimum atomic E-state index is -0.248. The molecule has 1 N–H and O–H groups in total. The molecule has 0 saturated heterocycles. The van der Waals surface area contributed by atoms with Gasteiger partial charge in [0, 0.05) is 49.9 Å². The van der Waals surface area contributed by atoms with E-state index in [0.717, 1.165) is 105 Å². The van der Waals surface area contributed by atoms with Gasteiger partial charge in [0.25, 0.3) is 0 Å². The summed E-state index contributed by atoms with van der Waals surface area (Å²) >= 11 is 0. The van der Waals surface area contributed by atoms with Crippen molar-refractivity contribution in [1.29, 1.82) is 0 Å². The van der Waals surface area contributed by atoms with Crippen LogP contribution < -0.4 is 0 Å². The van der Waals surface area contributed by atoms with E-state index in [9.17, 15) is 9.90 Å². The molecule has 0 amide bonds. The van der Waals surface area contributed by atoms with E-state index >= 15 is 0 Å². The van der Waals surface area contributed by atoms with Gasteiger partial charge in [-0.3, -0.25) is 4.79 Å². The Balaban J connectivity index is 0.000000264. The topological polar surface area (TPSA) is 63.1 Å². The zero-order chi connectivity index (χ0) is 47.6. The fraction of sp³-hybridized carbons (Fsp3) is 0.411. The first-order chi connectivity index (χ1) is 30.1. The number of allylic oxidation sites excluding steroid dienone is 2. The van der Waals surface area contributed by atoms with Gasteiger partial charge >= 0.3 is 0 Å². The number of carbonyl (C=O) groups is 1. The van der Waals surface area contributed by atoms with E-state index < -0.39 is 0 Å². The average Bonchev–Trinajstić information content (AvgIpc) is 3.23. The van der Waals surface area contributed by atoms with Gasteiger partial charge in [0.15, 0.2) is 5.78 Å². The molecule has 5 heteroatoms. The molecular weight excluding hydrogens is 925 g/mol. The summed E-state index contributed by atoms with van der Waals surface area (Å²) in [5, 5.41) is 13.5. The smallest absolute Gasteiger partial charge is 0.162 e. The first-order valence-corrected chi connectivity index (χ1v) is 21.9. The van der Waals surface area contributed by atoms with Gasteiger partial charge in [0.2, 0.25) is 0 Å². The van der Waals surface area contributed by atoms with Crippen molar-refractivity contribution in [1.82, 2.24) is 9.97 Å². The van der Waals surface area contributed by atoms with E-state index in [1.165, 1.54) is 17.2 Å². The molecule has 0 bridgehead atoms. The van der Waals surface area contributed by atoms with E-state index in [0.29, 0.717) is 11.8 Å². The van der Waals surface area contributed by atoms with Gasteiger partial charge in [-0.1, -0.05) is 126 Å². The number of benzene rings is 4. The van der Waals surface area contributed by atoms with Crippen LogP contribution >= 0.6 is 0 Å². The Bertz CT molecular complexity index is 2420. The summed E-state index contributed by atoms with van der Waals surface area (Å²) in [6.07, 6.45) is 6.81. The third-order valence-corrected chi connectivity index (χ3v) is 11.3. The van der Waals surface area contributed by atoms with E-state index in [1.807, 2.05) is 98.7 Å². The zero-order valence-corrected chi connectivity index (χ0v) is 41.3. The monoisotopic (exact) mass is 1000 g/mol. The third kappa shape index (κ3) is 14.3. The molecule has 0 atom stereocenters. The summed E-state index contributed by atoms with van der Waals surface area (Å²) in [4.78, 5) is 20.6. The molecule has 6 aromatic rings. The number of fused-ring (bicyclic) bond motifs is 2. The molecular formula is C56H70IrN2O2-2. The fourth-order valence-corrected chi connectivity index (χ4v) is 7.59. The standard InChI is InChI=1S/2C21H22N.C14H26O2.Ir/c2*1-14(2)9-17-5-6-20-18(13-17)7-8-22-21(20)19-11-15(3)10-16(4)12-19;1-6-11(7-2)12(15)10-13(16)14(5,8-3)9-4;/h2*5-8,10-11,13-14H,9H2,1-4H3;10-11,16H,6-9H2,1-5H3;/q2*-1;;/b;;13-10-;/i2*7D,8D;;. The summed E-state index contributed by atoms with van der Waals surface area (Å²) in [5.74, 6) is 1.48. The van der Waals surface area contributed by atoms with Crippen LogP contribution in [0, 0.1) is 63.0 Å². The Morgan fingerprint density at radius 1 is 0.705 bits per heavy atom. The van der Waals surface area contributed by atoms with Gasteiger partial charge in [-0.15, -0.1) is 69.8 Å². The molecule has 0 fully saturated rings. The number of aromatic nitrogens is 2. The van der Waals surface area contributed by atoms with Crippen molar-refractivity contribution < 1.29 is 35.5 Å². The van der Waals surface area contributed by atoms with Crippen LogP contribution in [0.25, 0.3) is 44.1 Å². The van der Waals surface area contributed by atoms with Crippen molar-refractivity contribution in [3.8, 4) is 22.5 Å². The van der Waals surface area contributed by atoms with Crippen LogP contribution in [0.3, 0.4) is 0 Å². The van der Waals surface area contributed by atoms with Gasteiger partial charge in [0.1, 0.15) is 5.76 Å².